The second-order valence-electron chi connectivity index (χ2n) is 6.21. The fourth-order valence-corrected chi connectivity index (χ4v) is 4.22. The van der Waals surface area contributed by atoms with E-state index in [1.165, 1.54) is 28.8 Å². The average molecular weight is 315 g/mol. The first-order valence-corrected chi connectivity index (χ1v) is 9.02. The molecule has 0 saturated carbocycles. The van der Waals surface area contributed by atoms with Crippen LogP contribution in [-0.4, -0.2) is 32.1 Å². The van der Waals surface area contributed by atoms with Crippen molar-refractivity contribution in [2.24, 2.45) is 0 Å². The van der Waals surface area contributed by atoms with Crippen LogP contribution >= 0.6 is 11.3 Å². The van der Waals surface area contributed by atoms with E-state index in [9.17, 15) is 0 Å². The summed E-state index contributed by atoms with van der Waals surface area (Å²) in [6, 6.07) is 10.9. The summed E-state index contributed by atoms with van der Waals surface area (Å²) >= 11 is 1.86. The zero-order valence-electron chi connectivity index (χ0n) is 13.5. The Labute approximate surface area is 137 Å². The van der Waals surface area contributed by atoms with Gasteiger partial charge in [0, 0.05) is 18.0 Å². The second-order valence-corrected chi connectivity index (χ2v) is 7.24. The van der Waals surface area contributed by atoms with Crippen molar-refractivity contribution >= 4 is 11.3 Å². The molecule has 22 heavy (non-hydrogen) atoms. The van der Waals surface area contributed by atoms with E-state index < -0.39 is 0 Å². The lowest BCUT2D eigenvalue weighted by Crippen LogP contribution is -2.28. The number of fused-ring (bicyclic) bond motifs is 1. The lowest BCUT2D eigenvalue weighted by molar-refractivity contribution is 0.300. The maximum Gasteiger partial charge on any atom is 0.122 e. The summed E-state index contributed by atoms with van der Waals surface area (Å²) in [6.07, 6.45) is 4.89. The van der Waals surface area contributed by atoms with Crippen molar-refractivity contribution in [1.82, 2.24) is 4.90 Å². The van der Waals surface area contributed by atoms with E-state index in [1.54, 1.807) is 7.11 Å². The van der Waals surface area contributed by atoms with Gasteiger partial charge in [0.05, 0.1) is 7.11 Å². The highest BCUT2D eigenvalue weighted by molar-refractivity contribution is 7.09. The van der Waals surface area contributed by atoms with Gasteiger partial charge in [0.1, 0.15) is 5.75 Å². The molecular weight excluding hydrogens is 290 g/mol. The van der Waals surface area contributed by atoms with Crippen LogP contribution in [0.1, 0.15) is 34.8 Å². The Morgan fingerprint density at radius 3 is 2.95 bits per heavy atom. The molecule has 0 bridgehead atoms. The lowest BCUT2D eigenvalue weighted by atomic mass is 9.82. The molecular formula is C19H25NOS. The molecule has 2 nitrogen and oxygen atoms in total. The first kappa shape index (κ1) is 15.6. The van der Waals surface area contributed by atoms with Crippen molar-refractivity contribution in [1.29, 1.82) is 0 Å². The Kier molecular flexibility index (Phi) is 5.16. The van der Waals surface area contributed by atoms with E-state index >= 15 is 0 Å². The number of benzene rings is 1. The van der Waals surface area contributed by atoms with Crippen LogP contribution in [0.15, 0.2) is 35.7 Å². The minimum absolute atomic E-state index is 0.646. The van der Waals surface area contributed by atoms with E-state index in [4.69, 9.17) is 4.74 Å². The molecule has 1 aliphatic carbocycles. The van der Waals surface area contributed by atoms with Crippen LogP contribution in [-0.2, 0) is 12.8 Å². The zero-order valence-corrected chi connectivity index (χ0v) is 14.4. The summed E-state index contributed by atoms with van der Waals surface area (Å²) in [5.41, 5.74) is 2.95. The van der Waals surface area contributed by atoms with Crippen molar-refractivity contribution in [2.45, 2.75) is 31.6 Å². The van der Waals surface area contributed by atoms with Gasteiger partial charge in [-0.2, -0.15) is 0 Å². The number of thiophene rings is 1. The molecule has 1 aromatic carbocycles. The molecule has 3 rings (SSSR count). The highest BCUT2D eigenvalue weighted by Crippen LogP contribution is 2.36. The van der Waals surface area contributed by atoms with Crippen LogP contribution < -0.4 is 4.74 Å². The van der Waals surface area contributed by atoms with Crippen LogP contribution in [0.4, 0.5) is 0 Å². The molecule has 118 valence electrons. The molecule has 0 amide bonds. The van der Waals surface area contributed by atoms with E-state index in [0.29, 0.717) is 5.92 Å². The van der Waals surface area contributed by atoms with Crippen LogP contribution in [0, 0.1) is 0 Å². The van der Waals surface area contributed by atoms with Gasteiger partial charge in [-0.1, -0.05) is 18.2 Å². The minimum atomic E-state index is 0.646. The molecule has 0 spiro atoms. The summed E-state index contributed by atoms with van der Waals surface area (Å²) in [5, 5.41) is 2.17. The standard InChI is InChI=1S/C19H25NOS/c1-20(12-11-16-7-5-13-22-16)14-15-6-3-9-18-17(15)8-4-10-19(18)21-2/h4-5,7-8,10,13,15H,3,6,9,11-12,14H2,1-2H3. The second kappa shape index (κ2) is 7.30. The predicted molar refractivity (Wildman–Crippen MR) is 94.2 cm³/mol. The van der Waals surface area contributed by atoms with Gasteiger partial charge in [-0.15, -0.1) is 11.3 Å². The molecule has 3 heteroatoms. The zero-order chi connectivity index (χ0) is 15.4. The van der Waals surface area contributed by atoms with Crippen molar-refractivity contribution < 1.29 is 4.74 Å². The van der Waals surface area contributed by atoms with Gasteiger partial charge in [-0.3, -0.25) is 0 Å². The van der Waals surface area contributed by atoms with Crippen molar-refractivity contribution in [3.63, 3.8) is 0 Å². The maximum atomic E-state index is 5.55. The number of rotatable bonds is 6. The Bertz CT molecular complexity index is 593. The van der Waals surface area contributed by atoms with Gasteiger partial charge < -0.3 is 9.64 Å². The molecule has 1 unspecified atom stereocenters. The summed E-state index contributed by atoms with van der Waals surface area (Å²) in [4.78, 5) is 3.97. The fourth-order valence-electron chi connectivity index (χ4n) is 3.52. The highest BCUT2D eigenvalue weighted by atomic mass is 32.1. The normalized spacial score (nSPS) is 17.5. The Balaban J connectivity index is 1.64. The molecule has 1 heterocycles. The number of likely N-dealkylation sites (N-methyl/N-ethyl adjacent to an activating group) is 1. The molecule has 0 radical (unpaired) electrons. The van der Waals surface area contributed by atoms with E-state index in [2.05, 4.69) is 47.7 Å². The number of nitrogens with zero attached hydrogens (tertiary/aromatic N) is 1. The largest absolute Gasteiger partial charge is 0.496 e. The Hall–Kier alpha value is -1.32. The third-order valence-corrected chi connectivity index (χ3v) is 5.60. The van der Waals surface area contributed by atoms with Crippen LogP contribution in [0.2, 0.25) is 0 Å². The SMILES string of the molecule is COc1cccc2c1CCCC2CN(C)CCc1cccs1. The number of ether oxygens (including phenoxy) is 1. The molecule has 1 atom stereocenters. The fraction of sp³-hybridized carbons (Fsp3) is 0.474. The van der Waals surface area contributed by atoms with Gasteiger partial charge in [0.25, 0.3) is 0 Å². The molecule has 2 aromatic rings. The molecule has 0 N–H and O–H groups in total. The van der Waals surface area contributed by atoms with Gasteiger partial charge in [-0.25, -0.2) is 0 Å². The first-order valence-electron chi connectivity index (χ1n) is 8.14. The average Bonchev–Trinajstić information content (AvgIpc) is 3.06. The topological polar surface area (TPSA) is 12.5 Å². The lowest BCUT2D eigenvalue weighted by Gasteiger charge is -2.30. The van der Waals surface area contributed by atoms with E-state index in [-0.39, 0.29) is 0 Å². The smallest absolute Gasteiger partial charge is 0.122 e. The molecule has 1 aliphatic rings. The first-order chi connectivity index (χ1) is 10.8. The number of methoxy groups -OCH3 is 1. The van der Waals surface area contributed by atoms with Crippen LogP contribution in [0.3, 0.4) is 0 Å². The Morgan fingerprint density at radius 1 is 1.27 bits per heavy atom. The molecule has 0 fully saturated rings. The third kappa shape index (κ3) is 3.53. The number of hydrogen-bond acceptors (Lipinski definition) is 3. The quantitative estimate of drug-likeness (QED) is 0.786. The van der Waals surface area contributed by atoms with Gasteiger partial charge in [-0.05, 0) is 67.3 Å². The van der Waals surface area contributed by atoms with E-state index in [0.717, 1.165) is 31.7 Å². The molecule has 0 saturated heterocycles. The summed E-state index contributed by atoms with van der Waals surface area (Å²) in [5.74, 6) is 1.72. The molecule has 0 aliphatic heterocycles. The van der Waals surface area contributed by atoms with Gasteiger partial charge in [0.15, 0.2) is 0 Å². The van der Waals surface area contributed by atoms with Crippen LogP contribution in [0.5, 0.6) is 5.75 Å². The Morgan fingerprint density at radius 2 is 2.18 bits per heavy atom. The summed E-state index contributed by atoms with van der Waals surface area (Å²) in [6.45, 7) is 2.28. The van der Waals surface area contributed by atoms with Crippen molar-refractivity contribution in [3.8, 4) is 5.75 Å². The summed E-state index contributed by atoms with van der Waals surface area (Å²) < 4.78 is 5.55. The maximum absolute atomic E-state index is 5.55. The van der Waals surface area contributed by atoms with Gasteiger partial charge in [0.2, 0.25) is 0 Å². The minimum Gasteiger partial charge on any atom is -0.496 e. The number of hydrogen-bond donors (Lipinski definition) is 0. The van der Waals surface area contributed by atoms with E-state index in [1.807, 2.05) is 11.3 Å². The van der Waals surface area contributed by atoms with Crippen LogP contribution in [0.25, 0.3) is 0 Å². The van der Waals surface area contributed by atoms with Crippen molar-refractivity contribution in [2.75, 3.05) is 27.2 Å². The summed E-state index contributed by atoms with van der Waals surface area (Å²) in [7, 11) is 4.04. The third-order valence-electron chi connectivity index (χ3n) is 4.66. The van der Waals surface area contributed by atoms with Gasteiger partial charge >= 0.3 is 0 Å². The van der Waals surface area contributed by atoms with Crippen molar-refractivity contribution in [3.05, 3.63) is 51.7 Å². The molecule has 1 aromatic heterocycles. The monoisotopic (exact) mass is 315 g/mol. The predicted octanol–water partition coefficient (Wildman–Crippen LogP) is 4.35. The highest BCUT2D eigenvalue weighted by Gasteiger charge is 2.23.